The van der Waals surface area contributed by atoms with Crippen LogP contribution in [0.2, 0.25) is 0 Å². The van der Waals surface area contributed by atoms with Crippen LogP contribution in [0.3, 0.4) is 0 Å². The molecule has 0 fully saturated rings. The average Bonchev–Trinajstić information content (AvgIpc) is 2.59. The highest BCUT2D eigenvalue weighted by atomic mass is 32.2. The molecule has 0 saturated carbocycles. The molecule has 0 bridgehead atoms. The minimum Gasteiger partial charge on any atom is -0.311 e. The Labute approximate surface area is 101 Å². The van der Waals surface area contributed by atoms with Gasteiger partial charge in [-0.3, -0.25) is 0 Å². The van der Waals surface area contributed by atoms with Gasteiger partial charge in [-0.15, -0.1) is 11.3 Å². The quantitative estimate of drug-likeness (QED) is 0.747. The van der Waals surface area contributed by atoms with E-state index in [9.17, 15) is 0 Å². The van der Waals surface area contributed by atoms with Crippen molar-refractivity contribution in [2.75, 3.05) is 18.6 Å². The fourth-order valence-electron chi connectivity index (χ4n) is 1.26. The highest BCUT2D eigenvalue weighted by Crippen LogP contribution is 2.16. The van der Waals surface area contributed by atoms with Gasteiger partial charge in [-0.1, -0.05) is 13.8 Å². The van der Waals surface area contributed by atoms with Gasteiger partial charge in [0.05, 0.1) is 5.01 Å². The molecule has 1 aromatic rings. The molecule has 0 atom stereocenters. The van der Waals surface area contributed by atoms with Crippen molar-refractivity contribution in [3.63, 3.8) is 0 Å². The summed E-state index contributed by atoms with van der Waals surface area (Å²) in [6, 6.07) is 0. The Morgan fingerprint density at radius 3 is 3.00 bits per heavy atom. The minimum atomic E-state index is 0.702. The van der Waals surface area contributed by atoms with Gasteiger partial charge in [-0.05, 0) is 12.2 Å². The molecule has 4 heteroatoms. The lowest BCUT2D eigenvalue weighted by molar-refractivity contribution is 0.644. The first-order chi connectivity index (χ1) is 7.22. The summed E-state index contributed by atoms with van der Waals surface area (Å²) in [4.78, 5) is 5.78. The summed E-state index contributed by atoms with van der Waals surface area (Å²) in [5.74, 6) is 1.88. The third-order valence-corrected chi connectivity index (χ3v) is 3.60. The molecule has 1 N–H and O–H groups in total. The number of hydrogen-bond donors (Lipinski definition) is 1. The first-order valence-electron chi connectivity index (χ1n) is 5.35. The van der Waals surface area contributed by atoms with Gasteiger partial charge in [-0.25, -0.2) is 4.98 Å². The number of nitrogens with zero attached hydrogens (tertiary/aromatic N) is 1. The van der Waals surface area contributed by atoms with Crippen LogP contribution in [0.1, 0.15) is 23.7 Å². The first kappa shape index (κ1) is 13.0. The predicted molar refractivity (Wildman–Crippen MR) is 70.7 cm³/mol. The van der Waals surface area contributed by atoms with Crippen LogP contribution in [0.4, 0.5) is 0 Å². The second-order valence-corrected chi connectivity index (χ2v) is 6.17. The molecule has 0 spiro atoms. The Kier molecular flexibility index (Phi) is 6.29. The van der Waals surface area contributed by atoms with E-state index in [-0.39, 0.29) is 0 Å². The van der Waals surface area contributed by atoms with Crippen molar-refractivity contribution < 1.29 is 0 Å². The predicted octanol–water partition coefficient (Wildman–Crippen LogP) is 2.79. The monoisotopic (exact) mass is 244 g/mol. The van der Waals surface area contributed by atoms with Crippen LogP contribution in [0, 0.1) is 5.92 Å². The molecule has 1 rings (SSSR count). The molecular weight excluding hydrogens is 224 g/mol. The maximum atomic E-state index is 4.43. The Morgan fingerprint density at radius 1 is 1.53 bits per heavy atom. The number of hydrogen-bond acceptors (Lipinski definition) is 4. The Hall–Kier alpha value is -0.0600. The van der Waals surface area contributed by atoms with Crippen LogP contribution in [0.15, 0.2) is 6.20 Å². The number of nitrogens with one attached hydrogen (secondary N) is 1. The van der Waals surface area contributed by atoms with Crippen LogP contribution in [0.5, 0.6) is 0 Å². The smallest absolute Gasteiger partial charge is 0.0930 e. The Balaban J connectivity index is 2.26. The number of thioether (sulfide) groups is 1. The van der Waals surface area contributed by atoms with E-state index in [2.05, 4.69) is 30.4 Å². The van der Waals surface area contributed by atoms with Crippen molar-refractivity contribution >= 4 is 23.1 Å². The van der Waals surface area contributed by atoms with Gasteiger partial charge in [0.25, 0.3) is 0 Å². The van der Waals surface area contributed by atoms with Gasteiger partial charge in [-0.2, -0.15) is 11.8 Å². The van der Waals surface area contributed by atoms with E-state index in [1.807, 2.05) is 29.3 Å². The van der Waals surface area contributed by atoms with Gasteiger partial charge >= 0.3 is 0 Å². The highest BCUT2D eigenvalue weighted by molar-refractivity contribution is 7.98. The van der Waals surface area contributed by atoms with Crippen LogP contribution >= 0.6 is 23.1 Å². The largest absolute Gasteiger partial charge is 0.311 e. The zero-order chi connectivity index (χ0) is 11.1. The Bertz CT molecular complexity index is 271. The van der Waals surface area contributed by atoms with Crippen LogP contribution in [0.25, 0.3) is 0 Å². The van der Waals surface area contributed by atoms with Gasteiger partial charge in [0.2, 0.25) is 0 Å². The van der Waals surface area contributed by atoms with Crippen LogP contribution in [-0.2, 0) is 13.0 Å². The minimum absolute atomic E-state index is 0.702. The van der Waals surface area contributed by atoms with E-state index in [4.69, 9.17) is 0 Å². The summed E-state index contributed by atoms with van der Waals surface area (Å²) >= 11 is 3.71. The maximum absolute atomic E-state index is 4.43. The lowest BCUT2D eigenvalue weighted by Gasteiger charge is -2.00. The normalized spacial score (nSPS) is 11.2. The molecule has 0 radical (unpaired) electrons. The summed E-state index contributed by atoms with van der Waals surface area (Å²) in [5.41, 5.74) is 0. The SMILES string of the molecule is CSCCNCc1cnc(CC(C)C)s1. The van der Waals surface area contributed by atoms with Crippen LogP contribution in [-0.4, -0.2) is 23.5 Å². The van der Waals surface area contributed by atoms with Crippen molar-refractivity contribution in [3.8, 4) is 0 Å². The fourth-order valence-corrected chi connectivity index (χ4v) is 2.71. The molecule has 0 aliphatic rings. The van der Waals surface area contributed by atoms with E-state index >= 15 is 0 Å². The van der Waals surface area contributed by atoms with Gasteiger partial charge in [0.15, 0.2) is 0 Å². The van der Waals surface area contributed by atoms with E-state index in [0.717, 1.165) is 19.5 Å². The summed E-state index contributed by atoms with van der Waals surface area (Å²) in [5, 5.41) is 4.69. The highest BCUT2D eigenvalue weighted by Gasteiger charge is 2.03. The van der Waals surface area contributed by atoms with E-state index in [0.29, 0.717) is 5.92 Å². The summed E-state index contributed by atoms with van der Waals surface area (Å²) < 4.78 is 0. The van der Waals surface area contributed by atoms with Crippen molar-refractivity contribution in [2.45, 2.75) is 26.8 Å². The second kappa shape index (κ2) is 7.25. The van der Waals surface area contributed by atoms with Crippen molar-refractivity contribution in [3.05, 3.63) is 16.1 Å². The second-order valence-electron chi connectivity index (χ2n) is 3.99. The van der Waals surface area contributed by atoms with Crippen molar-refractivity contribution in [2.24, 2.45) is 5.92 Å². The van der Waals surface area contributed by atoms with Gasteiger partial charge in [0.1, 0.15) is 0 Å². The molecule has 0 aliphatic heterocycles. The zero-order valence-electron chi connectivity index (χ0n) is 9.75. The fraction of sp³-hybridized carbons (Fsp3) is 0.727. The van der Waals surface area contributed by atoms with E-state index < -0.39 is 0 Å². The number of thiazole rings is 1. The molecule has 15 heavy (non-hydrogen) atoms. The van der Waals surface area contributed by atoms with Crippen molar-refractivity contribution in [1.82, 2.24) is 10.3 Å². The van der Waals surface area contributed by atoms with E-state index in [1.54, 1.807) is 0 Å². The maximum Gasteiger partial charge on any atom is 0.0930 e. The molecule has 0 aliphatic carbocycles. The molecule has 0 saturated heterocycles. The Morgan fingerprint density at radius 2 is 2.33 bits per heavy atom. The summed E-state index contributed by atoms with van der Waals surface area (Å²) in [6.45, 7) is 6.52. The van der Waals surface area contributed by atoms with E-state index in [1.165, 1.54) is 15.6 Å². The number of rotatable bonds is 7. The topological polar surface area (TPSA) is 24.9 Å². The standard InChI is InChI=1S/C11H20N2S2/c1-9(2)6-11-13-8-10(15-11)7-12-4-5-14-3/h8-9,12H,4-7H2,1-3H3. The molecular formula is C11H20N2S2. The number of aromatic nitrogens is 1. The summed E-state index contributed by atoms with van der Waals surface area (Å²) in [7, 11) is 0. The summed E-state index contributed by atoms with van der Waals surface area (Å²) in [6.07, 6.45) is 5.25. The van der Waals surface area contributed by atoms with Gasteiger partial charge in [0, 0.05) is 36.3 Å². The van der Waals surface area contributed by atoms with Crippen molar-refractivity contribution in [1.29, 1.82) is 0 Å². The van der Waals surface area contributed by atoms with Crippen LogP contribution < -0.4 is 5.32 Å². The third-order valence-electron chi connectivity index (χ3n) is 1.97. The third kappa shape index (κ3) is 5.54. The molecule has 1 heterocycles. The first-order valence-corrected chi connectivity index (χ1v) is 7.56. The molecule has 0 aromatic carbocycles. The molecule has 2 nitrogen and oxygen atoms in total. The van der Waals surface area contributed by atoms with Gasteiger partial charge < -0.3 is 5.32 Å². The molecule has 86 valence electrons. The molecule has 0 amide bonds. The zero-order valence-corrected chi connectivity index (χ0v) is 11.4. The lowest BCUT2D eigenvalue weighted by atomic mass is 10.1. The lowest BCUT2D eigenvalue weighted by Crippen LogP contribution is -2.15. The average molecular weight is 244 g/mol. The molecule has 0 unspecified atom stereocenters. The molecule has 1 aromatic heterocycles.